The number of nitrogens with zero attached hydrogens (tertiary/aromatic N) is 1. The van der Waals surface area contributed by atoms with E-state index in [2.05, 4.69) is 5.32 Å². The van der Waals surface area contributed by atoms with Crippen molar-refractivity contribution in [3.63, 3.8) is 0 Å². The second kappa shape index (κ2) is 7.52. The molecule has 1 atom stereocenters. The topological polar surface area (TPSA) is 49.4 Å². The molecule has 1 rings (SSSR count). The molecule has 1 N–H and O–H groups in total. The second-order valence-electron chi connectivity index (χ2n) is 4.33. The molecule has 1 unspecified atom stereocenters. The highest BCUT2D eigenvalue weighted by Gasteiger charge is 2.36. The lowest BCUT2D eigenvalue weighted by molar-refractivity contribution is -0.0384. The van der Waals surface area contributed by atoms with E-state index in [4.69, 9.17) is 0 Å². The minimum absolute atomic E-state index is 0.0641. The summed E-state index contributed by atoms with van der Waals surface area (Å²) in [5.41, 5.74) is -4.50. The Morgan fingerprint density at radius 2 is 1.91 bits per heavy atom. The molecule has 0 aliphatic rings. The van der Waals surface area contributed by atoms with E-state index < -0.39 is 46.3 Å². The fourth-order valence-electron chi connectivity index (χ4n) is 1.48. The average molecular weight is 344 g/mol. The van der Waals surface area contributed by atoms with Crippen molar-refractivity contribution in [2.45, 2.75) is 12.1 Å². The second-order valence-corrected chi connectivity index (χ2v) is 5.89. The number of halogens is 5. The van der Waals surface area contributed by atoms with Gasteiger partial charge in [-0.25, -0.2) is 13.6 Å². The Kier molecular flexibility index (Phi) is 6.27. The molecule has 0 spiro atoms. The molecule has 22 heavy (non-hydrogen) atoms. The Hall–Kier alpha value is -1.71. The number of urea groups is 1. The van der Waals surface area contributed by atoms with Crippen LogP contribution >= 0.6 is 0 Å². The van der Waals surface area contributed by atoms with Crippen molar-refractivity contribution in [1.29, 1.82) is 0 Å². The first kappa shape index (κ1) is 18.3. The summed E-state index contributed by atoms with van der Waals surface area (Å²) in [6.07, 6.45) is 0. The molecule has 124 valence electrons. The van der Waals surface area contributed by atoms with Crippen molar-refractivity contribution < 1.29 is 31.0 Å². The largest absolute Gasteiger partial charge is 0.471 e. The Morgan fingerprint density at radius 3 is 2.45 bits per heavy atom. The van der Waals surface area contributed by atoms with E-state index in [0.717, 1.165) is 17.0 Å². The van der Waals surface area contributed by atoms with Crippen molar-refractivity contribution >= 4 is 16.8 Å². The molecule has 0 aliphatic carbocycles. The Labute approximate surface area is 125 Å². The number of rotatable bonds is 5. The van der Waals surface area contributed by atoms with Gasteiger partial charge in [-0.05, 0) is 17.7 Å². The van der Waals surface area contributed by atoms with Crippen LogP contribution in [0.25, 0.3) is 0 Å². The number of nitrogens with one attached hydrogen (secondary N) is 1. The first-order chi connectivity index (χ1) is 10.1. The Morgan fingerprint density at radius 1 is 1.27 bits per heavy atom. The molecular weight excluding hydrogens is 331 g/mol. The van der Waals surface area contributed by atoms with E-state index in [1.165, 1.54) is 13.1 Å². The SMILES string of the molecule is CN(Cc1ccc(F)c(F)c1)C(=O)NCCS(=O)C(F)(F)F. The maximum Gasteiger partial charge on any atom is 0.471 e. The first-order valence-corrected chi connectivity index (χ1v) is 7.31. The van der Waals surface area contributed by atoms with Crippen molar-refractivity contribution in [3.8, 4) is 0 Å². The maximum atomic E-state index is 13.0. The van der Waals surface area contributed by atoms with Gasteiger partial charge in [-0.15, -0.1) is 0 Å². The van der Waals surface area contributed by atoms with E-state index in [0.29, 0.717) is 5.56 Å². The van der Waals surface area contributed by atoms with Crippen LogP contribution in [0.2, 0.25) is 0 Å². The van der Waals surface area contributed by atoms with Crippen LogP contribution in [-0.2, 0) is 17.3 Å². The minimum atomic E-state index is -4.82. The summed E-state index contributed by atoms with van der Waals surface area (Å²) in [4.78, 5) is 12.7. The number of carbonyl (C=O) groups excluding carboxylic acids is 1. The van der Waals surface area contributed by atoms with Gasteiger partial charge in [0.2, 0.25) is 0 Å². The van der Waals surface area contributed by atoms with Crippen LogP contribution in [0.5, 0.6) is 0 Å². The third-order valence-electron chi connectivity index (χ3n) is 2.57. The van der Waals surface area contributed by atoms with Gasteiger partial charge in [0.05, 0.1) is 0 Å². The Bertz CT molecular complexity index is 565. The maximum absolute atomic E-state index is 13.0. The van der Waals surface area contributed by atoms with Gasteiger partial charge in [-0.3, -0.25) is 4.21 Å². The standard InChI is InChI=1S/C12H13F5N2O2S/c1-19(7-8-2-3-9(13)10(14)6-8)11(20)18-4-5-22(21)12(15,16)17/h2-3,6H,4-5,7H2,1H3,(H,18,20). The van der Waals surface area contributed by atoms with Crippen LogP contribution in [0.1, 0.15) is 5.56 Å². The van der Waals surface area contributed by atoms with Crippen LogP contribution in [0.3, 0.4) is 0 Å². The van der Waals surface area contributed by atoms with Gasteiger partial charge in [0.25, 0.3) is 0 Å². The van der Waals surface area contributed by atoms with Crippen molar-refractivity contribution in [2.75, 3.05) is 19.3 Å². The number of benzene rings is 1. The van der Waals surface area contributed by atoms with Gasteiger partial charge in [-0.1, -0.05) is 6.07 Å². The molecule has 0 bridgehead atoms. The molecule has 0 heterocycles. The van der Waals surface area contributed by atoms with E-state index in [1.54, 1.807) is 0 Å². The molecule has 10 heteroatoms. The van der Waals surface area contributed by atoms with Gasteiger partial charge in [0, 0.05) is 25.9 Å². The van der Waals surface area contributed by atoms with Crippen molar-refractivity contribution in [2.24, 2.45) is 0 Å². The fourth-order valence-corrected chi connectivity index (χ4v) is 2.00. The zero-order valence-electron chi connectivity index (χ0n) is 11.4. The Balaban J connectivity index is 2.45. The van der Waals surface area contributed by atoms with E-state index in [9.17, 15) is 31.0 Å². The monoisotopic (exact) mass is 344 g/mol. The minimum Gasteiger partial charge on any atom is -0.337 e. The van der Waals surface area contributed by atoms with E-state index in [1.807, 2.05) is 0 Å². The molecule has 1 aromatic carbocycles. The van der Waals surface area contributed by atoms with Crippen molar-refractivity contribution in [1.82, 2.24) is 10.2 Å². The molecule has 0 aliphatic heterocycles. The molecule has 1 aromatic rings. The lowest BCUT2D eigenvalue weighted by Crippen LogP contribution is -2.39. The number of hydrogen-bond donors (Lipinski definition) is 1. The van der Waals surface area contributed by atoms with Crippen molar-refractivity contribution in [3.05, 3.63) is 35.4 Å². The molecule has 0 fully saturated rings. The normalized spacial score (nSPS) is 12.8. The summed E-state index contributed by atoms with van der Waals surface area (Å²) < 4.78 is 72.5. The highest BCUT2D eigenvalue weighted by molar-refractivity contribution is 7.85. The molecule has 0 radical (unpaired) electrons. The summed E-state index contributed by atoms with van der Waals surface area (Å²) >= 11 is 0. The molecule has 0 saturated heterocycles. The zero-order valence-corrected chi connectivity index (χ0v) is 12.2. The first-order valence-electron chi connectivity index (χ1n) is 5.99. The summed E-state index contributed by atoms with van der Waals surface area (Å²) in [5, 5.41) is 2.16. The quantitative estimate of drug-likeness (QED) is 0.834. The predicted molar refractivity (Wildman–Crippen MR) is 70.3 cm³/mol. The van der Waals surface area contributed by atoms with E-state index >= 15 is 0 Å². The number of hydrogen-bond acceptors (Lipinski definition) is 2. The van der Waals surface area contributed by atoms with Crippen LogP contribution < -0.4 is 5.32 Å². The van der Waals surface area contributed by atoms with Crippen LogP contribution in [0.15, 0.2) is 18.2 Å². The van der Waals surface area contributed by atoms with Gasteiger partial charge in [0.15, 0.2) is 11.6 Å². The van der Waals surface area contributed by atoms with Crippen LogP contribution in [-0.4, -0.2) is 40.0 Å². The molecule has 0 saturated carbocycles. The van der Waals surface area contributed by atoms with Gasteiger partial charge >= 0.3 is 11.5 Å². The molecule has 2 amide bonds. The highest BCUT2D eigenvalue weighted by Crippen LogP contribution is 2.19. The summed E-state index contributed by atoms with van der Waals surface area (Å²) in [7, 11) is -1.70. The van der Waals surface area contributed by atoms with Crippen LogP contribution in [0, 0.1) is 11.6 Å². The summed E-state index contributed by atoms with van der Waals surface area (Å²) in [6.45, 7) is -0.488. The lowest BCUT2D eigenvalue weighted by atomic mass is 10.2. The average Bonchev–Trinajstić information content (AvgIpc) is 2.41. The summed E-state index contributed by atoms with van der Waals surface area (Å²) in [5.74, 6) is -2.84. The molecule has 0 aromatic heterocycles. The molecule has 4 nitrogen and oxygen atoms in total. The lowest BCUT2D eigenvalue weighted by Gasteiger charge is -2.18. The van der Waals surface area contributed by atoms with Gasteiger partial charge in [0.1, 0.15) is 10.8 Å². The zero-order chi connectivity index (χ0) is 16.9. The van der Waals surface area contributed by atoms with Crippen LogP contribution in [0.4, 0.5) is 26.7 Å². The molecular formula is C12H13F5N2O2S. The smallest absolute Gasteiger partial charge is 0.337 e. The number of amides is 2. The fraction of sp³-hybridized carbons (Fsp3) is 0.417. The highest BCUT2D eigenvalue weighted by atomic mass is 32.2. The van der Waals surface area contributed by atoms with Gasteiger partial charge in [-0.2, -0.15) is 13.2 Å². The number of alkyl halides is 3. The third kappa shape index (κ3) is 5.58. The number of carbonyl (C=O) groups is 1. The predicted octanol–water partition coefficient (Wildman–Crippen LogP) is 2.37. The van der Waals surface area contributed by atoms with Gasteiger partial charge < -0.3 is 10.2 Å². The van der Waals surface area contributed by atoms with E-state index in [-0.39, 0.29) is 6.54 Å². The third-order valence-corrected chi connectivity index (χ3v) is 3.66. The summed E-state index contributed by atoms with van der Waals surface area (Å²) in [6, 6.07) is 2.38.